The maximum atomic E-state index is 12.1. The number of nitrogens with one attached hydrogen (secondary N) is 1. The molecule has 1 saturated heterocycles. The van der Waals surface area contributed by atoms with Gasteiger partial charge in [-0.2, -0.15) is 0 Å². The van der Waals surface area contributed by atoms with Gasteiger partial charge in [-0.1, -0.05) is 23.7 Å². The summed E-state index contributed by atoms with van der Waals surface area (Å²) in [6.07, 6.45) is 4.59. The summed E-state index contributed by atoms with van der Waals surface area (Å²) in [7, 11) is 0. The Labute approximate surface area is 151 Å². The van der Waals surface area contributed by atoms with Gasteiger partial charge in [0.1, 0.15) is 12.7 Å². The number of rotatable bonds is 7. The molecule has 0 spiro atoms. The van der Waals surface area contributed by atoms with Crippen LogP contribution in [0.2, 0.25) is 5.02 Å². The maximum Gasteiger partial charge on any atom is 0.224 e. The van der Waals surface area contributed by atoms with Crippen LogP contribution in [0.4, 0.5) is 0 Å². The molecule has 1 aliphatic heterocycles. The smallest absolute Gasteiger partial charge is 0.224 e. The van der Waals surface area contributed by atoms with Gasteiger partial charge in [-0.05, 0) is 24.1 Å². The molecule has 0 saturated carbocycles. The number of halogens is 1. The van der Waals surface area contributed by atoms with Crippen molar-refractivity contribution >= 4 is 23.4 Å². The number of nitrogens with zero attached hydrogens (tertiary/aromatic N) is 4. The van der Waals surface area contributed by atoms with E-state index in [1.165, 1.54) is 0 Å². The second-order valence-electron chi connectivity index (χ2n) is 6.14. The minimum Gasteiger partial charge on any atom is -0.351 e. The van der Waals surface area contributed by atoms with E-state index >= 15 is 0 Å². The summed E-state index contributed by atoms with van der Waals surface area (Å²) in [5.74, 6) is 0.00864. The molecule has 1 atom stereocenters. The fraction of sp³-hybridized carbons (Fsp3) is 0.412. The molecule has 8 heteroatoms. The molecule has 2 aromatic rings. The first kappa shape index (κ1) is 17.4. The van der Waals surface area contributed by atoms with Gasteiger partial charge in [-0.3, -0.25) is 9.59 Å². The van der Waals surface area contributed by atoms with Crippen LogP contribution in [0.1, 0.15) is 18.4 Å². The first-order chi connectivity index (χ1) is 12.1. The van der Waals surface area contributed by atoms with E-state index in [0.29, 0.717) is 37.5 Å². The Morgan fingerprint density at radius 2 is 2.08 bits per heavy atom. The van der Waals surface area contributed by atoms with Gasteiger partial charge in [0.25, 0.3) is 0 Å². The molecule has 25 heavy (non-hydrogen) atoms. The van der Waals surface area contributed by atoms with Crippen molar-refractivity contribution in [2.24, 2.45) is 0 Å². The van der Waals surface area contributed by atoms with Gasteiger partial charge in [0.05, 0.1) is 6.04 Å². The molecule has 0 bridgehead atoms. The third kappa shape index (κ3) is 5.03. The van der Waals surface area contributed by atoms with E-state index in [1.54, 1.807) is 22.1 Å². The number of amides is 2. The molecule has 0 unspecified atom stereocenters. The number of hydrogen-bond acceptors (Lipinski definition) is 4. The molecule has 2 heterocycles. The average Bonchev–Trinajstić information content (AvgIpc) is 3.21. The summed E-state index contributed by atoms with van der Waals surface area (Å²) < 4.78 is 1.75. The number of hydrogen-bond donors (Lipinski definition) is 1. The van der Waals surface area contributed by atoms with Crippen LogP contribution in [-0.4, -0.2) is 50.6 Å². The van der Waals surface area contributed by atoms with Crippen LogP contribution in [0.5, 0.6) is 0 Å². The highest BCUT2D eigenvalue weighted by molar-refractivity contribution is 6.30. The highest BCUT2D eigenvalue weighted by atomic mass is 35.5. The van der Waals surface area contributed by atoms with E-state index in [0.717, 1.165) is 12.0 Å². The van der Waals surface area contributed by atoms with Crippen molar-refractivity contribution in [3.63, 3.8) is 0 Å². The zero-order chi connectivity index (χ0) is 17.6. The van der Waals surface area contributed by atoms with Crippen molar-refractivity contribution in [2.45, 2.75) is 31.8 Å². The quantitative estimate of drug-likeness (QED) is 0.805. The van der Waals surface area contributed by atoms with E-state index in [1.807, 2.05) is 24.3 Å². The van der Waals surface area contributed by atoms with Crippen LogP contribution in [0.15, 0.2) is 36.9 Å². The van der Waals surface area contributed by atoms with Gasteiger partial charge >= 0.3 is 0 Å². The monoisotopic (exact) mass is 361 g/mol. The topological polar surface area (TPSA) is 80.1 Å². The predicted molar refractivity (Wildman–Crippen MR) is 92.9 cm³/mol. The lowest BCUT2D eigenvalue weighted by molar-refractivity contribution is -0.127. The highest BCUT2D eigenvalue weighted by Crippen LogP contribution is 2.15. The van der Waals surface area contributed by atoms with Crippen molar-refractivity contribution in [1.29, 1.82) is 0 Å². The van der Waals surface area contributed by atoms with E-state index in [2.05, 4.69) is 15.5 Å². The van der Waals surface area contributed by atoms with Crippen LogP contribution in [0.3, 0.4) is 0 Å². The molecule has 3 rings (SSSR count). The molecular formula is C17H20ClN5O2. The van der Waals surface area contributed by atoms with Gasteiger partial charge < -0.3 is 14.8 Å². The summed E-state index contributed by atoms with van der Waals surface area (Å²) in [5, 5.41) is 11.0. The predicted octanol–water partition coefficient (Wildman–Crippen LogP) is 1.28. The molecule has 7 nitrogen and oxygen atoms in total. The standard InChI is InChI=1S/C17H20ClN5O2/c18-14-3-1-2-13(8-14)4-7-23-10-15(9-17(23)25)21-16(24)5-6-22-11-19-20-12-22/h1-3,8,11-12,15H,4-7,9-10H2,(H,21,24)/t15-/m0/s1. The average molecular weight is 362 g/mol. The summed E-state index contributed by atoms with van der Waals surface area (Å²) in [6.45, 7) is 1.71. The Morgan fingerprint density at radius 1 is 1.28 bits per heavy atom. The molecule has 132 valence electrons. The third-order valence-electron chi connectivity index (χ3n) is 4.20. The molecule has 1 N–H and O–H groups in total. The third-order valence-corrected chi connectivity index (χ3v) is 4.44. The lowest BCUT2D eigenvalue weighted by Gasteiger charge is -2.17. The molecule has 0 aliphatic carbocycles. The molecule has 2 amide bonds. The number of carbonyl (C=O) groups is 2. The van der Waals surface area contributed by atoms with Crippen LogP contribution in [0.25, 0.3) is 0 Å². The summed E-state index contributed by atoms with van der Waals surface area (Å²) in [4.78, 5) is 25.9. The van der Waals surface area contributed by atoms with E-state index in [4.69, 9.17) is 11.6 Å². The van der Waals surface area contributed by atoms with Gasteiger partial charge in [-0.15, -0.1) is 10.2 Å². The van der Waals surface area contributed by atoms with Crippen LogP contribution in [0, 0.1) is 0 Å². The molecule has 1 fully saturated rings. The van der Waals surface area contributed by atoms with Crippen LogP contribution >= 0.6 is 11.6 Å². The molecule has 1 aromatic carbocycles. The first-order valence-electron chi connectivity index (χ1n) is 8.24. The van der Waals surface area contributed by atoms with E-state index < -0.39 is 0 Å². The van der Waals surface area contributed by atoms with Crippen molar-refractivity contribution in [2.75, 3.05) is 13.1 Å². The fourth-order valence-corrected chi connectivity index (χ4v) is 3.12. The molecule has 0 radical (unpaired) electrons. The molecular weight excluding hydrogens is 342 g/mol. The van der Waals surface area contributed by atoms with Crippen molar-refractivity contribution < 1.29 is 9.59 Å². The minimum atomic E-state index is -0.125. The lowest BCUT2D eigenvalue weighted by Crippen LogP contribution is -2.37. The minimum absolute atomic E-state index is 0.0665. The first-order valence-corrected chi connectivity index (χ1v) is 8.62. The van der Waals surface area contributed by atoms with Gasteiger partial charge in [-0.25, -0.2) is 0 Å². The van der Waals surface area contributed by atoms with Gasteiger partial charge in [0, 0.05) is 37.5 Å². The van der Waals surface area contributed by atoms with Crippen molar-refractivity contribution in [3.05, 3.63) is 47.5 Å². The number of aromatic nitrogens is 3. The Balaban J connectivity index is 1.43. The Bertz CT molecular complexity index is 734. The van der Waals surface area contributed by atoms with Crippen molar-refractivity contribution in [1.82, 2.24) is 25.0 Å². The molecule has 1 aliphatic rings. The summed E-state index contributed by atoms with van der Waals surface area (Å²) in [5.41, 5.74) is 1.10. The zero-order valence-corrected chi connectivity index (χ0v) is 14.5. The van der Waals surface area contributed by atoms with Gasteiger partial charge in [0.15, 0.2) is 0 Å². The zero-order valence-electron chi connectivity index (χ0n) is 13.8. The van der Waals surface area contributed by atoms with Crippen LogP contribution in [-0.2, 0) is 22.6 Å². The van der Waals surface area contributed by atoms with E-state index in [-0.39, 0.29) is 17.9 Å². The molecule has 1 aromatic heterocycles. The second-order valence-corrected chi connectivity index (χ2v) is 6.57. The Kier molecular flexibility index (Phi) is 5.65. The van der Waals surface area contributed by atoms with Gasteiger partial charge in [0.2, 0.25) is 11.8 Å². The van der Waals surface area contributed by atoms with Crippen molar-refractivity contribution in [3.8, 4) is 0 Å². The normalized spacial score (nSPS) is 17.1. The SMILES string of the molecule is O=C(CCn1cnnc1)N[C@H]1CC(=O)N(CCc2cccc(Cl)c2)C1. The number of carbonyl (C=O) groups excluding carboxylic acids is 2. The Morgan fingerprint density at radius 3 is 2.84 bits per heavy atom. The van der Waals surface area contributed by atoms with Crippen LogP contribution < -0.4 is 5.32 Å². The lowest BCUT2D eigenvalue weighted by atomic mass is 10.1. The fourth-order valence-electron chi connectivity index (χ4n) is 2.91. The largest absolute Gasteiger partial charge is 0.351 e. The number of likely N-dealkylation sites (tertiary alicyclic amines) is 1. The summed E-state index contributed by atoms with van der Waals surface area (Å²) >= 11 is 5.98. The number of benzene rings is 1. The second kappa shape index (κ2) is 8.11. The summed E-state index contributed by atoms with van der Waals surface area (Å²) in [6, 6.07) is 7.52. The highest BCUT2D eigenvalue weighted by Gasteiger charge is 2.30. The Hall–Kier alpha value is -2.41. The number of aryl methyl sites for hydroxylation is 1. The van der Waals surface area contributed by atoms with E-state index in [9.17, 15) is 9.59 Å². The maximum absolute atomic E-state index is 12.1.